The predicted molar refractivity (Wildman–Crippen MR) is 62.8 cm³/mol. The molecule has 1 nitrogen and oxygen atoms in total. The summed E-state index contributed by atoms with van der Waals surface area (Å²) in [7, 11) is 6.00. The number of nitrogens with zero attached hydrogens (tertiary/aromatic N) is 1. The maximum absolute atomic E-state index is 2.17. The number of hydrogen-bond acceptors (Lipinski definition) is 1. The van der Waals surface area contributed by atoms with E-state index < -0.39 is 0 Å². The smallest absolute Gasteiger partial charge is 0.0140 e. The van der Waals surface area contributed by atoms with Gasteiger partial charge in [0.25, 0.3) is 0 Å². The van der Waals surface area contributed by atoms with Crippen LogP contribution in [0.3, 0.4) is 0 Å². The second-order valence-corrected chi connectivity index (χ2v) is 3.50. The fraction of sp³-hybridized carbons (Fsp3) is 0.455. The molecule has 0 aliphatic carbocycles. The summed E-state index contributed by atoms with van der Waals surface area (Å²) in [6, 6.07) is 8.45. The molecule has 76 valence electrons. The normalized spacial score (nSPS) is 8.46. The van der Waals surface area contributed by atoms with Gasteiger partial charge in [-0.25, -0.2) is 0 Å². The van der Waals surface area contributed by atoms with Crippen LogP contribution in [0.15, 0.2) is 24.3 Å². The van der Waals surface area contributed by atoms with E-state index in [-0.39, 0.29) is 12.4 Å². The van der Waals surface area contributed by atoms with Crippen LogP contribution >= 0.6 is 12.4 Å². The molecule has 0 bridgehead atoms. The molecule has 0 saturated carbocycles. The number of hydrogen-bond donors (Lipinski definition) is 0. The highest BCUT2D eigenvalue weighted by Crippen LogP contribution is 2.00. The topological polar surface area (TPSA) is 3.24 Å². The van der Waals surface area contributed by atoms with E-state index in [1.54, 1.807) is 0 Å². The van der Waals surface area contributed by atoms with Crippen LogP contribution in [0.4, 0.5) is 0 Å². The van der Waals surface area contributed by atoms with E-state index in [2.05, 4.69) is 38.1 Å². The van der Waals surface area contributed by atoms with Crippen molar-refractivity contribution in [2.75, 3.05) is 21.1 Å². The standard InChI is InChI=1S/C8H10.C3H9N.ClH/c1-7-4-3-5-8(2)6-7;1-4(2)3;/h3-6H,1-2H3;1-3H3;1H. The lowest BCUT2D eigenvalue weighted by Crippen LogP contribution is -1.99. The van der Waals surface area contributed by atoms with Crippen molar-refractivity contribution in [3.05, 3.63) is 35.4 Å². The minimum atomic E-state index is 0. The molecule has 0 aromatic heterocycles. The highest BCUT2D eigenvalue weighted by Gasteiger charge is 1.80. The summed E-state index contributed by atoms with van der Waals surface area (Å²) in [5.74, 6) is 0. The lowest BCUT2D eigenvalue weighted by atomic mass is 10.2. The number of rotatable bonds is 0. The Balaban J connectivity index is 0. The Labute approximate surface area is 88.2 Å². The summed E-state index contributed by atoms with van der Waals surface area (Å²) in [5.41, 5.74) is 2.68. The zero-order valence-corrected chi connectivity index (χ0v) is 9.98. The molecule has 0 amide bonds. The van der Waals surface area contributed by atoms with Crippen LogP contribution in [0.5, 0.6) is 0 Å². The third-order valence-corrected chi connectivity index (χ3v) is 1.17. The molecule has 13 heavy (non-hydrogen) atoms. The quantitative estimate of drug-likeness (QED) is 0.624. The zero-order valence-electron chi connectivity index (χ0n) is 9.16. The van der Waals surface area contributed by atoms with Crippen LogP contribution in [-0.4, -0.2) is 26.0 Å². The van der Waals surface area contributed by atoms with Gasteiger partial charge >= 0.3 is 0 Å². The lowest BCUT2D eigenvalue weighted by Gasteiger charge is -1.90. The highest BCUT2D eigenvalue weighted by molar-refractivity contribution is 5.85. The van der Waals surface area contributed by atoms with Crippen molar-refractivity contribution in [2.24, 2.45) is 0 Å². The van der Waals surface area contributed by atoms with Gasteiger partial charge in [-0.2, -0.15) is 0 Å². The zero-order chi connectivity index (χ0) is 9.56. The maximum Gasteiger partial charge on any atom is -0.0140 e. The Hall–Kier alpha value is -0.530. The van der Waals surface area contributed by atoms with Crippen molar-refractivity contribution < 1.29 is 0 Å². The van der Waals surface area contributed by atoms with Crippen LogP contribution < -0.4 is 0 Å². The minimum Gasteiger partial charge on any atom is -0.312 e. The van der Waals surface area contributed by atoms with Crippen molar-refractivity contribution in [2.45, 2.75) is 13.8 Å². The molecular weight excluding hydrogens is 182 g/mol. The van der Waals surface area contributed by atoms with Gasteiger partial charge in [-0.05, 0) is 35.0 Å². The first-order chi connectivity index (χ1) is 5.52. The van der Waals surface area contributed by atoms with Crippen molar-refractivity contribution in [1.29, 1.82) is 0 Å². The SMILES string of the molecule is CN(C)C.Cc1cccc(C)c1.Cl. The molecular formula is C11H20ClN. The molecule has 0 aliphatic rings. The van der Waals surface area contributed by atoms with E-state index in [4.69, 9.17) is 0 Å². The fourth-order valence-electron chi connectivity index (χ4n) is 0.807. The van der Waals surface area contributed by atoms with E-state index in [0.717, 1.165) is 0 Å². The number of benzene rings is 1. The second kappa shape index (κ2) is 8.09. The molecule has 0 saturated heterocycles. The first-order valence-electron chi connectivity index (χ1n) is 4.16. The monoisotopic (exact) mass is 201 g/mol. The Morgan fingerprint density at radius 2 is 1.23 bits per heavy atom. The molecule has 0 atom stereocenters. The van der Waals surface area contributed by atoms with Gasteiger partial charge in [0.15, 0.2) is 0 Å². The molecule has 2 heteroatoms. The molecule has 0 radical (unpaired) electrons. The van der Waals surface area contributed by atoms with Gasteiger partial charge in [-0.3, -0.25) is 0 Å². The predicted octanol–water partition coefficient (Wildman–Crippen LogP) is 2.90. The van der Waals surface area contributed by atoms with Crippen LogP contribution in [0, 0.1) is 13.8 Å². The maximum atomic E-state index is 2.17. The molecule has 0 heterocycles. The van der Waals surface area contributed by atoms with E-state index in [9.17, 15) is 0 Å². The van der Waals surface area contributed by atoms with Crippen LogP contribution in [0.25, 0.3) is 0 Å². The second-order valence-electron chi connectivity index (χ2n) is 3.50. The van der Waals surface area contributed by atoms with Crippen LogP contribution in [0.2, 0.25) is 0 Å². The fourth-order valence-corrected chi connectivity index (χ4v) is 0.807. The van der Waals surface area contributed by atoms with Gasteiger partial charge in [-0.15, -0.1) is 12.4 Å². The van der Waals surface area contributed by atoms with Gasteiger partial charge in [0.05, 0.1) is 0 Å². The highest BCUT2D eigenvalue weighted by atomic mass is 35.5. The third-order valence-electron chi connectivity index (χ3n) is 1.17. The van der Waals surface area contributed by atoms with Gasteiger partial charge in [-0.1, -0.05) is 35.4 Å². The van der Waals surface area contributed by atoms with E-state index in [1.165, 1.54) is 11.1 Å². The van der Waals surface area contributed by atoms with E-state index in [1.807, 2.05) is 26.0 Å². The first-order valence-corrected chi connectivity index (χ1v) is 4.16. The molecule has 1 aromatic carbocycles. The van der Waals surface area contributed by atoms with Crippen molar-refractivity contribution in [3.63, 3.8) is 0 Å². The average molecular weight is 202 g/mol. The summed E-state index contributed by atoms with van der Waals surface area (Å²) < 4.78 is 0. The number of aryl methyl sites for hydroxylation is 2. The number of halogens is 1. The van der Waals surface area contributed by atoms with Crippen molar-refractivity contribution in [1.82, 2.24) is 4.90 Å². The van der Waals surface area contributed by atoms with E-state index in [0.29, 0.717) is 0 Å². The van der Waals surface area contributed by atoms with Gasteiger partial charge in [0.1, 0.15) is 0 Å². The van der Waals surface area contributed by atoms with Crippen molar-refractivity contribution >= 4 is 12.4 Å². The lowest BCUT2D eigenvalue weighted by molar-refractivity contribution is 0.505. The summed E-state index contributed by atoms with van der Waals surface area (Å²) in [5, 5.41) is 0. The molecule has 1 rings (SSSR count). The Morgan fingerprint density at radius 3 is 1.38 bits per heavy atom. The van der Waals surface area contributed by atoms with Gasteiger partial charge in [0.2, 0.25) is 0 Å². The molecule has 0 fully saturated rings. The van der Waals surface area contributed by atoms with Gasteiger partial charge < -0.3 is 4.90 Å². The largest absolute Gasteiger partial charge is 0.312 e. The van der Waals surface area contributed by atoms with Gasteiger partial charge in [0, 0.05) is 0 Å². The minimum absolute atomic E-state index is 0. The van der Waals surface area contributed by atoms with Crippen molar-refractivity contribution in [3.8, 4) is 0 Å². The van der Waals surface area contributed by atoms with Crippen LogP contribution in [-0.2, 0) is 0 Å². The molecule has 0 unspecified atom stereocenters. The molecule has 0 N–H and O–H groups in total. The Kier molecular flexibility index (Phi) is 9.31. The Bertz CT molecular complexity index is 201. The summed E-state index contributed by atoms with van der Waals surface area (Å²) in [6.07, 6.45) is 0. The summed E-state index contributed by atoms with van der Waals surface area (Å²) in [4.78, 5) is 2.00. The molecule has 0 spiro atoms. The van der Waals surface area contributed by atoms with Crippen LogP contribution in [0.1, 0.15) is 11.1 Å². The molecule has 1 aromatic rings. The molecule has 0 aliphatic heterocycles. The average Bonchev–Trinajstić information content (AvgIpc) is 1.84. The first kappa shape index (κ1) is 15.0. The van der Waals surface area contributed by atoms with E-state index >= 15 is 0 Å². The Morgan fingerprint density at radius 1 is 0.923 bits per heavy atom. The summed E-state index contributed by atoms with van der Waals surface area (Å²) >= 11 is 0. The third kappa shape index (κ3) is 11.5. The summed E-state index contributed by atoms with van der Waals surface area (Å²) in [6.45, 7) is 4.21.